The number of nitrogens with one attached hydrogen (secondary N) is 1. The van der Waals surface area contributed by atoms with Gasteiger partial charge in [0.15, 0.2) is 17.4 Å². The number of hydrogen-bond acceptors (Lipinski definition) is 3. The lowest BCUT2D eigenvalue weighted by molar-refractivity contribution is 0.116. The number of benzene rings is 1. The first kappa shape index (κ1) is 16.5. The van der Waals surface area contributed by atoms with Crippen molar-refractivity contribution in [2.24, 2.45) is 5.92 Å². The number of hydrogen-bond donors (Lipinski definition) is 2. The van der Waals surface area contributed by atoms with Gasteiger partial charge in [-0.2, -0.15) is 0 Å². The number of ether oxygens (including phenoxy) is 1. The van der Waals surface area contributed by atoms with Crippen molar-refractivity contribution < 1.29 is 23.4 Å². The van der Waals surface area contributed by atoms with Gasteiger partial charge in [-0.3, -0.25) is 0 Å². The zero-order valence-corrected chi connectivity index (χ0v) is 12.6. The summed E-state index contributed by atoms with van der Waals surface area (Å²) < 4.78 is 32.0. The summed E-state index contributed by atoms with van der Waals surface area (Å²) in [6, 6.07) is 1.21. The van der Waals surface area contributed by atoms with Crippen LogP contribution in [0.4, 0.5) is 19.3 Å². The van der Waals surface area contributed by atoms with E-state index in [2.05, 4.69) is 10.1 Å². The van der Waals surface area contributed by atoms with Crippen LogP contribution in [-0.2, 0) is 0 Å². The highest BCUT2D eigenvalue weighted by molar-refractivity contribution is 5.89. The number of aliphatic hydroxyl groups excluding tert-OH is 1. The van der Waals surface area contributed by atoms with Crippen LogP contribution >= 0.6 is 0 Å². The van der Waals surface area contributed by atoms with Gasteiger partial charge in [-0.15, -0.1) is 0 Å². The molecule has 7 heteroatoms. The molecule has 0 radical (unpaired) electrons. The van der Waals surface area contributed by atoms with E-state index in [9.17, 15) is 18.7 Å². The summed E-state index contributed by atoms with van der Waals surface area (Å²) in [5.41, 5.74) is -0.248. The number of aliphatic hydroxyl groups is 1. The van der Waals surface area contributed by atoms with Crippen LogP contribution in [0.15, 0.2) is 12.1 Å². The highest BCUT2D eigenvalue weighted by atomic mass is 19.1. The molecule has 0 aliphatic heterocycles. The van der Waals surface area contributed by atoms with E-state index in [1.54, 1.807) is 7.05 Å². The van der Waals surface area contributed by atoms with Crippen molar-refractivity contribution in [3.63, 3.8) is 0 Å². The fourth-order valence-electron chi connectivity index (χ4n) is 2.66. The molecule has 1 fully saturated rings. The number of nitrogens with zero attached hydrogens (tertiary/aromatic N) is 1. The van der Waals surface area contributed by atoms with Gasteiger partial charge >= 0.3 is 6.03 Å². The molecule has 2 atom stereocenters. The molecule has 0 aromatic heterocycles. The number of anilines is 1. The molecule has 122 valence electrons. The highest BCUT2D eigenvalue weighted by Gasteiger charge is 2.27. The van der Waals surface area contributed by atoms with Crippen LogP contribution in [0.25, 0.3) is 0 Å². The SMILES string of the molecule is COc1cc(F)c(NC(=O)N(C)CC2CCCC2O)cc1F. The summed E-state index contributed by atoms with van der Waals surface area (Å²) in [6.45, 7) is 0.368. The first-order chi connectivity index (χ1) is 10.4. The number of carbonyl (C=O) groups excluding carboxylic acids is 1. The van der Waals surface area contributed by atoms with Crippen LogP contribution in [0.1, 0.15) is 19.3 Å². The molecular weight excluding hydrogens is 294 g/mol. The predicted molar refractivity (Wildman–Crippen MR) is 77.9 cm³/mol. The normalized spacial score (nSPS) is 20.8. The average molecular weight is 314 g/mol. The Hall–Kier alpha value is -1.89. The van der Waals surface area contributed by atoms with Gasteiger partial charge in [-0.1, -0.05) is 6.42 Å². The van der Waals surface area contributed by atoms with Crippen molar-refractivity contribution in [1.82, 2.24) is 4.90 Å². The topological polar surface area (TPSA) is 61.8 Å². The molecule has 1 aliphatic rings. The first-order valence-electron chi connectivity index (χ1n) is 7.15. The number of rotatable bonds is 4. The molecular formula is C15H20F2N2O3. The van der Waals surface area contributed by atoms with Gasteiger partial charge in [0.1, 0.15) is 0 Å². The number of methoxy groups -OCH3 is 1. The number of carbonyl (C=O) groups is 1. The van der Waals surface area contributed by atoms with Crippen LogP contribution in [0.2, 0.25) is 0 Å². The molecule has 1 aromatic rings. The Morgan fingerprint density at radius 2 is 2.14 bits per heavy atom. The molecule has 0 heterocycles. The van der Waals surface area contributed by atoms with Crippen LogP contribution in [-0.4, -0.2) is 42.8 Å². The Morgan fingerprint density at radius 1 is 1.41 bits per heavy atom. The molecule has 0 bridgehead atoms. The maximum atomic E-state index is 13.8. The first-order valence-corrected chi connectivity index (χ1v) is 7.15. The minimum absolute atomic E-state index is 0.0215. The molecule has 2 N–H and O–H groups in total. The minimum Gasteiger partial charge on any atom is -0.494 e. The van der Waals surface area contributed by atoms with Gasteiger partial charge in [0.25, 0.3) is 0 Å². The van der Waals surface area contributed by atoms with Crippen molar-refractivity contribution in [1.29, 1.82) is 0 Å². The molecule has 22 heavy (non-hydrogen) atoms. The molecule has 1 saturated carbocycles. The zero-order valence-electron chi connectivity index (χ0n) is 12.6. The fourth-order valence-corrected chi connectivity index (χ4v) is 2.66. The lowest BCUT2D eigenvalue weighted by Gasteiger charge is -2.23. The van der Waals surface area contributed by atoms with E-state index in [0.717, 1.165) is 31.4 Å². The maximum absolute atomic E-state index is 13.8. The molecule has 2 amide bonds. The lowest BCUT2D eigenvalue weighted by Crippen LogP contribution is -2.37. The third kappa shape index (κ3) is 3.65. The van der Waals surface area contributed by atoms with Crippen LogP contribution in [0, 0.1) is 17.6 Å². The Labute approximate surface area is 127 Å². The Kier molecular flexibility index (Phi) is 5.18. The summed E-state index contributed by atoms with van der Waals surface area (Å²) in [7, 11) is 2.79. The summed E-state index contributed by atoms with van der Waals surface area (Å²) in [6.07, 6.45) is 2.10. The molecule has 1 aliphatic carbocycles. The minimum atomic E-state index is -0.777. The zero-order chi connectivity index (χ0) is 16.3. The predicted octanol–water partition coefficient (Wildman–Crippen LogP) is 2.60. The van der Waals surface area contributed by atoms with E-state index in [-0.39, 0.29) is 17.4 Å². The van der Waals surface area contributed by atoms with E-state index < -0.39 is 23.8 Å². The van der Waals surface area contributed by atoms with Crippen LogP contribution < -0.4 is 10.1 Å². The van der Waals surface area contributed by atoms with Crippen molar-refractivity contribution >= 4 is 11.7 Å². The van der Waals surface area contributed by atoms with Crippen molar-refractivity contribution in [2.45, 2.75) is 25.4 Å². The van der Waals surface area contributed by atoms with E-state index in [1.807, 2.05) is 0 Å². The van der Waals surface area contributed by atoms with Gasteiger partial charge in [0.2, 0.25) is 0 Å². The second-order valence-electron chi connectivity index (χ2n) is 5.54. The van der Waals surface area contributed by atoms with Crippen molar-refractivity contribution in [3.05, 3.63) is 23.8 Å². The van der Waals surface area contributed by atoms with Crippen LogP contribution in [0.3, 0.4) is 0 Å². The summed E-state index contributed by atoms with van der Waals surface area (Å²) >= 11 is 0. The van der Waals surface area contributed by atoms with Gasteiger partial charge < -0.3 is 20.1 Å². The van der Waals surface area contributed by atoms with E-state index >= 15 is 0 Å². The largest absolute Gasteiger partial charge is 0.494 e. The maximum Gasteiger partial charge on any atom is 0.321 e. The third-order valence-corrected chi connectivity index (χ3v) is 3.96. The third-order valence-electron chi connectivity index (χ3n) is 3.96. The molecule has 0 spiro atoms. The highest BCUT2D eigenvalue weighted by Crippen LogP contribution is 2.27. The fraction of sp³-hybridized carbons (Fsp3) is 0.533. The smallest absolute Gasteiger partial charge is 0.321 e. The van der Waals surface area contributed by atoms with Gasteiger partial charge in [0.05, 0.1) is 18.9 Å². The summed E-state index contributed by atoms with van der Waals surface area (Å²) in [5.74, 6) is -1.74. The number of amides is 2. The molecule has 0 saturated heterocycles. The Bertz CT molecular complexity index is 554. The summed E-state index contributed by atoms with van der Waals surface area (Å²) in [5, 5.41) is 12.1. The lowest BCUT2D eigenvalue weighted by atomic mass is 10.1. The van der Waals surface area contributed by atoms with Gasteiger partial charge in [0, 0.05) is 31.6 Å². The molecule has 2 unspecified atom stereocenters. The average Bonchev–Trinajstić information content (AvgIpc) is 2.87. The van der Waals surface area contributed by atoms with Gasteiger partial charge in [-0.25, -0.2) is 13.6 Å². The second kappa shape index (κ2) is 6.91. The van der Waals surface area contributed by atoms with Crippen molar-refractivity contribution in [3.8, 4) is 5.75 Å². The standard InChI is InChI=1S/C15H20F2N2O3/c1-19(8-9-4-3-5-13(9)20)15(21)18-12-6-11(17)14(22-2)7-10(12)16/h6-7,9,13,20H,3-5,8H2,1-2H3,(H,18,21). The van der Waals surface area contributed by atoms with E-state index in [0.29, 0.717) is 6.54 Å². The Balaban J connectivity index is 2.00. The summed E-state index contributed by atoms with van der Waals surface area (Å²) in [4.78, 5) is 13.4. The monoisotopic (exact) mass is 314 g/mol. The Morgan fingerprint density at radius 3 is 2.73 bits per heavy atom. The number of urea groups is 1. The molecule has 2 rings (SSSR count). The molecule has 5 nitrogen and oxygen atoms in total. The van der Waals surface area contributed by atoms with Gasteiger partial charge in [-0.05, 0) is 12.8 Å². The molecule has 1 aromatic carbocycles. The van der Waals surface area contributed by atoms with E-state index in [1.165, 1.54) is 12.0 Å². The quantitative estimate of drug-likeness (QED) is 0.898. The van der Waals surface area contributed by atoms with E-state index in [4.69, 9.17) is 0 Å². The number of halogens is 2. The van der Waals surface area contributed by atoms with Crippen LogP contribution in [0.5, 0.6) is 5.75 Å². The second-order valence-corrected chi connectivity index (χ2v) is 5.54. The van der Waals surface area contributed by atoms with Crippen molar-refractivity contribution in [2.75, 3.05) is 26.0 Å².